The van der Waals surface area contributed by atoms with Crippen molar-refractivity contribution in [2.75, 3.05) is 11.1 Å². The first-order valence-corrected chi connectivity index (χ1v) is 6.86. The first-order valence-electron chi connectivity index (χ1n) is 6.86. The maximum Gasteiger partial charge on any atom is 0.451 e. The molecule has 0 unspecified atom stereocenters. The number of hydrogen-bond acceptors (Lipinski definition) is 4. The van der Waals surface area contributed by atoms with Crippen LogP contribution in [0.1, 0.15) is 44.9 Å². The molecule has 112 valence electrons. The van der Waals surface area contributed by atoms with Crippen molar-refractivity contribution in [1.82, 2.24) is 9.97 Å². The van der Waals surface area contributed by atoms with Gasteiger partial charge in [-0.05, 0) is 31.6 Å². The standard InChI is InChI=1S/C13H19F3N4/c1-2-8-3-5-9(6-4-8)18-11-7-10(17)19-12(20-11)13(14,15)16/h7-9H,2-6H2,1H3,(H3,17,18,19,20). The lowest BCUT2D eigenvalue weighted by Gasteiger charge is -2.28. The Morgan fingerprint density at radius 1 is 1.25 bits per heavy atom. The average Bonchev–Trinajstić information content (AvgIpc) is 2.38. The lowest BCUT2D eigenvalue weighted by atomic mass is 9.84. The van der Waals surface area contributed by atoms with Gasteiger partial charge in [-0.15, -0.1) is 0 Å². The molecule has 0 saturated heterocycles. The topological polar surface area (TPSA) is 63.8 Å². The minimum absolute atomic E-state index is 0.157. The van der Waals surface area contributed by atoms with Crippen molar-refractivity contribution in [3.63, 3.8) is 0 Å². The summed E-state index contributed by atoms with van der Waals surface area (Å²) in [5.74, 6) is -0.474. The molecule has 0 bridgehead atoms. The zero-order valence-electron chi connectivity index (χ0n) is 11.4. The van der Waals surface area contributed by atoms with Crippen LogP contribution in [0.3, 0.4) is 0 Å². The van der Waals surface area contributed by atoms with Crippen LogP contribution in [0.2, 0.25) is 0 Å². The average molecular weight is 288 g/mol. The van der Waals surface area contributed by atoms with Crippen molar-refractivity contribution in [3.8, 4) is 0 Å². The third kappa shape index (κ3) is 3.74. The fourth-order valence-electron chi connectivity index (χ4n) is 2.59. The van der Waals surface area contributed by atoms with Crippen LogP contribution in [0.5, 0.6) is 0 Å². The largest absolute Gasteiger partial charge is 0.451 e. The van der Waals surface area contributed by atoms with Crippen LogP contribution in [0, 0.1) is 5.92 Å². The Kier molecular flexibility index (Phi) is 4.35. The van der Waals surface area contributed by atoms with Crippen molar-refractivity contribution in [1.29, 1.82) is 0 Å². The summed E-state index contributed by atoms with van der Waals surface area (Å²) >= 11 is 0. The highest BCUT2D eigenvalue weighted by atomic mass is 19.4. The summed E-state index contributed by atoms with van der Waals surface area (Å²) < 4.78 is 37.8. The van der Waals surface area contributed by atoms with Crippen LogP contribution in [0.25, 0.3) is 0 Å². The van der Waals surface area contributed by atoms with Gasteiger partial charge < -0.3 is 11.1 Å². The second-order valence-corrected chi connectivity index (χ2v) is 5.27. The van der Waals surface area contributed by atoms with Crippen LogP contribution in [-0.2, 0) is 6.18 Å². The second kappa shape index (κ2) is 5.85. The first-order chi connectivity index (χ1) is 9.38. The third-order valence-corrected chi connectivity index (χ3v) is 3.78. The van der Waals surface area contributed by atoms with Crippen molar-refractivity contribution < 1.29 is 13.2 Å². The molecule has 0 spiro atoms. The molecule has 3 N–H and O–H groups in total. The maximum atomic E-state index is 12.6. The molecule has 1 aromatic rings. The van der Waals surface area contributed by atoms with Gasteiger partial charge in [-0.1, -0.05) is 13.3 Å². The van der Waals surface area contributed by atoms with E-state index < -0.39 is 12.0 Å². The van der Waals surface area contributed by atoms with E-state index in [0.717, 1.165) is 38.0 Å². The number of nitrogens with two attached hydrogens (primary N) is 1. The Morgan fingerprint density at radius 2 is 1.90 bits per heavy atom. The monoisotopic (exact) mass is 288 g/mol. The van der Waals surface area contributed by atoms with Crippen LogP contribution in [-0.4, -0.2) is 16.0 Å². The Morgan fingerprint density at radius 3 is 2.45 bits per heavy atom. The second-order valence-electron chi connectivity index (χ2n) is 5.27. The number of anilines is 2. The molecule has 0 amide bonds. The number of aromatic nitrogens is 2. The molecular formula is C13H19F3N4. The van der Waals surface area contributed by atoms with Gasteiger partial charge in [0.05, 0.1) is 0 Å². The van der Waals surface area contributed by atoms with E-state index in [0.29, 0.717) is 0 Å². The molecule has 1 saturated carbocycles. The Labute approximate surface area is 116 Å². The number of alkyl halides is 3. The number of rotatable bonds is 3. The fraction of sp³-hybridized carbons (Fsp3) is 0.692. The van der Waals surface area contributed by atoms with E-state index in [1.165, 1.54) is 6.07 Å². The normalized spacial score (nSPS) is 23.6. The molecule has 1 aliphatic rings. The molecule has 0 aliphatic heterocycles. The summed E-state index contributed by atoms with van der Waals surface area (Å²) in [4.78, 5) is 6.74. The summed E-state index contributed by atoms with van der Waals surface area (Å²) in [6.07, 6.45) is 0.673. The van der Waals surface area contributed by atoms with Crippen molar-refractivity contribution >= 4 is 11.6 Å². The molecule has 0 atom stereocenters. The van der Waals surface area contributed by atoms with E-state index in [1.54, 1.807) is 0 Å². The zero-order chi connectivity index (χ0) is 14.8. The van der Waals surface area contributed by atoms with E-state index in [4.69, 9.17) is 5.73 Å². The smallest absolute Gasteiger partial charge is 0.384 e. The lowest BCUT2D eigenvalue weighted by molar-refractivity contribution is -0.144. The molecule has 20 heavy (non-hydrogen) atoms. The quantitative estimate of drug-likeness (QED) is 0.894. The van der Waals surface area contributed by atoms with Gasteiger partial charge in [0.15, 0.2) is 0 Å². The highest BCUT2D eigenvalue weighted by Crippen LogP contribution is 2.30. The van der Waals surface area contributed by atoms with Crippen LogP contribution >= 0.6 is 0 Å². The first kappa shape index (κ1) is 14.9. The van der Waals surface area contributed by atoms with Crippen LogP contribution in [0.15, 0.2) is 6.07 Å². The molecule has 1 fully saturated rings. The van der Waals surface area contributed by atoms with Crippen molar-refractivity contribution in [2.24, 2.45) is 5.92 Å². The zero-order valence-corrected chi connectivity index (χ0v) is 11.4. The van der Waals surface area contributed by atoms with Gasteiger partial charge >= 0.3 is 6.18 Å². The van der Waals surface area contributed by atoms with E-state index >= 15 is 0 Å². The SMILES string of the molecule is CCC1CCC(Nc2cc(N)nc(C(F)(F)F)n2)CC1. The molecule has 0 aromatic carbocycles. The van der Waals surface area contributed by atoms with E-state index in [-0.39, 0.29) is 17.7 Å². The number of halogens is 3. The summed E-state index contributed by atoms with van der Waals surface area (Å²) in [7, 11) is 0. The van der Waals surface area contributed by atoms with Gasteiger partial charge in [0.2, 0.25) is 5.82 Å². The molecule has 2 rings (SSSR count). The number of nitrogen functional groups attached to an aromatic ring is 1. The predicted molar refractivity (Wildman–Crippen MR) is 71.1 cm³/mol. The fourth-order valence-corrected chi connectivity index (χ4v) is 2.59. The number of hydrogen-bond donors (Lipinski definition) is 2. The van der Waals surface area contributed by atoms with Crippen LogP contribution in [0.4, 0.5) is 24.8 Å². The van der Waals surface area contributed by atoms with Crippen molar-refractivity contribution in [3.05, 3.63) is 11.9 Å². The molecule has 7 heteroatoms. The van der Waals surface area contributed by atoms with Gasteiger partial charge in [0.25, 0.3) is 0 Å². The molecule has 4 nitrogen and oxygen atoms in total. The minimum Gasteiger partial charge on any atom is -0.384 e. The summed E-state index contributed by atoms with van der Waals surface area (Å²) in [5, 5.41) is 3.05. The molecule has 1 aliphatic carbocycles. The van der Waals surface area contributed by atoms with Gasteiger partial charge in [-0.3, -0.25) is 0 Å². The van der Waals surface area contributed by atoms with Gasteiger partial charge in [-0.25, -0.2) is 9.97 Å². The van der Waals surface area contributed by atoms with Crippen molar-refractivity contribution in [2.45, 2.75) is 51.2 Å². The highest BCUT2D eigenvalue weighted by molar-refractivity contribution is 5.45. The van der Waals surface area contributed by atoms with E-state index in [2.05, 4.69) is 22.2 Å². The number of nitrogens with one attached hydrogen (secondary N) is 1. The van der Waals surface area contributed by atoms with Gasteiger partial charge in [-0.2, -0.15) is 13.2 Å². The molecular weight excluding hydrogens is 269 g/mol. The third-order valence-electron chi connectivity index (χ3n) is 3.78. The van der Waals surface area contributed by atoms with Crippen LogP contribution < -0.4 is 11.1 Å². The molecule has 1 aromatic heterocycles. The lowest BCUT2D eigenvalue weighted by Crippen LogP contribution is -2.27. The maximum absolute atomic E-state index is 12.6. The summed E-state index contributed by atoms with van der Waals surface area (Å²) in [6, 6.07) is 1.51. The van der Waals surface area contributed by atoms with E-state index in [1.807, 2.05) is 0 Å². The summed E-state index contributed by atoms with van der Waals surface area (Å²) in [5.41, 5.74) is 5.41. The Hall–Kier alpha value is -1.53. The van der Waals surface area contributed by atoms with Gasteiger partial charge in [0.1, 0.15) is 11.6 Å². The molecule has 0 radical (unpaired) electrons. The Bertz CT molecular complexity index is 453. The minimum atomic E-state index is -4.58. The summed E-state index contributed by atoms with van der Waals surface area (Å²) in [6.45, 7) is 2.17. The highest BCUT2D eigenvalue weighted by Gasteiger charge is 2.35. The number of nitrogens with zero attached hydrogens (tertiary/aromatic N) is 2. The van der Waals surface area contributed by atoms with Gasteiger partial charge in [0, 0.05) is 12.1 Å². The molecule has 1 heterocycles. The predicted octanol–water partition coefficient (Wildman–Crippen LogP) is 3.46. The Balaban J connectivity index is 2.05. The van der Waals surface area contributed by atoms with E-state index in [9.17, 15) is 13.2 Å².